The van der Waals surface area contributed by atoms with Crippen molar-refractivity contribution < 1.29 is 19.8 Å². The van der Waals surface area contributed by atoms with Gasteiger partial charge >= 0.3 is 11.9 Å². The van der Waals surface area contributed by atoms with Crippen LogP contribution >= 0.6 is 0 Å². The second-order valence-electron chi connectivity index (χ2n) is 8.95. The van der Waals surface area contributed by atoms with Crippen LogP contribution in [0.2, 0.25) is 0 Å². The lowest BCUT2D eigenvalue weighted by atomic mass is 9.80. The molecule has 2 aliphatic rings. The van der Waals surface area contributed by atoms with E-state index in [1.165, 1.54) is 12.8 Å². The van der Waals surface area contributed by atoms with E-state index in [2.05, 4.69) is 12.2 Å². The van der Waals surface area contributed by atoms with Crippen molar-refractivity contribution >= 4 is 11.9 Å². The Morgan fingerprint density at radius 1 is 0.621 bits per heavy atom. The predicted molar refractivity (Wildman–Crippen MR) is 117 cm³/mol. The monoisotopic (exact) mass is 402 g/mol. The molecule has 0 atom stereocenters. The Labute approximate surface area is 175 Å². The van der Waals surface area contributed by atoms with Crippen LogP contribution in [0.1, 0.15) is 96.3 Å². The number of carbonyl (C=O) groups is 2. The molecule has 0 radical (unpaired) electrons. The number of carboxylic acid groups (broad SMARTS) is 2. The van der Waals surface area contributed by atoms with Crippen molar-refractivity contribution in [2.75, 3.05) is 0 Å². The number of hydrogen-bond acceptors (Lipinski definition) is 2. The number of hydrogen-bond donors (Lipinski definition) is 2. The van der Waals surface area contributed by atoms with Gasteiger partial charge in [0.1, 0.15) is 0 Å². The Morgan fingerprint density at radius 2 is 0.966 bits per heavy atom. The molecule has 162 valence electrons. The van der Waals surface area contributed by atoms with Crippen molar-refractivity contribution in [1.29, 1.82) is 0 Å². The topological polar surface area (TPSA) is 74.6 Å². The molecule has 2 rings (SSSR count). The van der Waals surface area contributed by atoms with E-state index in [4.69, 9.17) is 0 Å². The van der Waals surface area contributed by atoms with E-state index in [0.29, 0.717) is 25.7 Å². The summed E-state index contributed by atoms with van der Waals surface area (Å²) in [6.45, 7) is 0. The van der Waals surface area contributed by atoms with Crippen LogP contribution in [0.15, 0.2) is 36.5 Å². The first-order chi connectivity index (χ1) is 14.0. The zero-order valence-electron chi connectivity index (χ0n) is 17.8. The first-order valence-corrected chi connectivity index (χ1v) is 11.4. The Kier molecular flexibility index (Phi) is 9.69. The average molecular weight is 403 g/mol. The van der Waals surface area contributed by atoms with Crippen molar-refractivity contribution in [3.05, 3.63) is 36.5 Å². The molecule has 0 aromatic rings. The van der Waals surface area contributed by atoms with E-state index in [-0.39, 0.29) is 0 Å². The Bertz CT molecular complexity index is 598. The first kappa shape index (κ1) is 23.4. The van der Waals surface area contributed by atoms with Gasteiger partial charge in [0.15, 0.2) is 0 Å². The summed E-state index contributed by atoms with van der Waals surface area (Å²) in [6, 6.07) is 0. The molecule has 29 heavy (non-hydrogen) atoms. The standard InChI is InChI=1S/C25H38O4/c26-22(27)24(18-12-13-19-24)16-10-8-6-4-2-1-3-5-7-9-11-17-25(23(28)29)20-14-15-21-25/h1-2,12-15H,3-11,16-21H2,(H,26,27)(H,28,29)/b2-1-. The van der Waals surface area contributed by atoms with E-state index < -0.39 is 22.8 Å². The molecule has 0 amide bonds. The van der Waals surface area contributed by atoms with Gasteiger partial charge in [-0.05, 0) is 64.2 Å². The number of rotatable bonds is 15. The lowest BCUT2D eigenvalue weighted by Gasteiger charge is -2.23. The third-order valence-corrected chi connectivity index (χ3v) is 6.74. The quantitative estimate of drug-likeness (QED) is 0.237. The summed E-state index contributed by atoms with van der Waals surface area (Å²) in [5, 5.41) is 18.9. The average Bonchev–Trinajstić information content (AvgIpc) is 3.36. The Morgan fingerprint density at radius 3 is 1.34 bits per heavy atom. The van der Waals surface area contributed by atoms with E-state index in [1.807, 2.05) is 24.3 Å². The highest BCUT2D eigenvalue weighted by Gasteiger charge is 2.38. The second kappa shape index (κ2) is 12.0. The summed E-state index contributed by atoms with van der Waals surface area (Å²) >= 11 is 0. The van der Waals surface area contributed by atoms with Crippen molar-refractivity contribution in [2.45, 2.75) is 96.3 Å². The van der Waals surface area contributed by atoms with Crippen LogP contribution in [0, 0.1) is 10.8 Å². The molecule has 0 saturated carbocycles. The van der Waals surface area contributed by atoms with Gasteiger partial charge in [0.05, 0.1) is 10.8 Å². The highest BCUT2D eigenvalue weighted by Crippen LogP contribution is 2.39. The minimum atomic E-state index is -0.638. The zero-order chi connectivity index (χ0) is 21.0. The maximum absolute atomic E-state index is 11.5. The SMILES string of the molecule is O=C(O)C1(CCCCC/C=C\CCCCCCC2(C(=O)O)CC=CC2)CC=CC1. The predicted octanol–water partition coefficient (Wildman–Crippen LogP) is 6.68. The normalized spacial score (nSPS) is 19.3. The second-order valence-corrected chi connectivity index (χ2v) is 8.95. The molecule has 0 unspecified atom stereocenters. The molecule has 4 heteroatoms. The molecule has 0 spiro atoms. The largest absolute Gasteiger partial charge is 0.481 e. The van der Waals surface area contributed by atoms with Crippen LogP contribution in [0.25, 0.3) is 0 Å². The highest BCUT2D eigenvalue weighted by molar-refractivity contribution is 5.76. The van der Waals surface area contributed by atoms with Gasteiger partial charge in [-0.25, -0.2) is 0 Å². The van der Waals surface area contributed by atoms with Gasteiger partial charge in [-0.3, -0.25) is 9.59 Å². The van der Waals surface area contributed by atoms with E-state index in [9.17, 15) is 19.8 Å². The number of aliphatic carboxylic acids is 2. The van der Waals surface area contributed by atoms with Crippen LogP contribution in [0.3, 0.4) is 0 Å². The van der Waals surface area contributed by atoms with Crippen molar-refractivity contribution in [3.63, 3.8) is 0 Å². The summed E-state index contributed by atoms with van der Waals surface area (Å²) in [4.78, 5) is 23.0. The maximum Gasteiger partial charge on any atom is 0.310 e. The summed E-state index contributed by atoms with van der Waals surface area (Å²) in [5.74, 6) is -1.27. The van der Waals surface area contributed by atoms with Crippen LogP contribution in [-0.2, 0) is 9.59 Å². The third-order valence-electron chi connectivity index (χ3n) is 6.74. The smallest absolute Gasteiger partial charge is 0.310 e. The van der Waals surface area contributed by atoms with Crippen LogP contribution in [0.5, 0.6) is 0 Å². The van der Waals surface area contributed by atoms with Crippen LogP contribution < -0.4 is 0 Å². The highest BCUT2D eigenvalue weighted by atomic mass is 16.4. The van der Waals surface area contributed by atoms with Gasteiger partial charge in [-0.2, -0.15) is 0 Å². The zero-order valence-corrected chi connectivity index (χ0v) is 17.8. The van der Waals surface area contributed by atoms with Gasteiger partial charge < -0.3 is 10.2 Å². The fraction of sp³-hybridized carbons (Fsp3) is 0.680. The van der Waals surface area contributed by atoms with Crippen molar-refractivity contribution in [1.82, 2.24) is 0 Å². The van der Waals surface area contributed by atoms with E-state index in [1.54, 1.807) is 0 Å². The fourth-order valence-electron chi connectivity index (χ4n) is 4.59. The first-order valence-electron chi connectivity index (χ1n) is 11.4. The van der Waals surface area contributed by atoms with Crippen LogP contribution in [-0.4, -0.2) is 22.2 Å². The van der Waals surface area contributed by atoms with Gasteiger partial charge in [-0.1, -0.05) is 68.6 Å². The molecular weight excluding hydrogens is 364 g/mol. The minimum absolute atomic E-state index is 0.516. The molecule has 4 nitrogen and oxygen atoms in total. The lowest BCUT2D eigenvalue weighted by molar-refractivity contribution is -0.149. The lowest BCUT2D eigenvalue weighted by Crippen LogP contribution is -2.27. The number of allylic oxidation sites excluding steroid dienone is 6. The van der Waals surface area contributed by atoms with E-state index in [0.717, 1.165) is 57.8 Å². The van der Waals surface area contributed by atoms with Crippen molar-refractivity contribution in [2.24, 2.45) is 10.8 Å². The van der Waals surface area contributed by atoms with Crippen LogP contribution in [0.4, 0.5) is 0 Å². The molecule has 0 aromatic heterocycles. The molecule has 2 N–H and O–H groups in total. The van der Waals surface area contributed by atoms with Gasteiger partial charge in [0, 0.05) is 0 Å². The van der Waals surface area contributed by atoms with Gasteiger partial charge in [-0.15, -0.1) is 0 Å². The molecule has 0 fully saturated rings. The van der Waals surface area contributed by atoms with Gasteiger partial charge in [0.25, 0.3) is 0 Å². The maximum atomic E-state index is 11.5. The molecule has 0 bridgehead atoms. The third kappa shape index (κ3) is 7.17. The Balaban J connectivity index is 1.42. The summed E-state index contributed by atoms with van der Waals surface area (Å²) in [7, 11) is 0. The number of unbranched alkanes of at least 4 members (excludes halogenated alkanes) is 7. The molecule has 0 heterocycles. The summed E-state index contributed by atoms with van der Waals surface area (Å²) < 4.78 is 0. The molecule has 0 aliphatic heterocycles. The van der Waals surface area contributed by atoms with Gasteiger partial charge in [0.2, 0.25) is 0 Å². The fourth-order valence-corrected chi connectivity index (χ4v) is 4.59. The van der Waals surface area contributed by atoms with E-state index >= 15 is 0 Å². The molecular formula is C25H38O4. The molecule has 0 aromatic carbocycles. The summed E-state index contributed by atoms with van der Waals surface area (Å²) in [6.07, 6.45) is 26.8. The minimum Gasteiger partial charge on any atom is -0.481 e. The number of carboxylic acids is 2. The van der Waals surface area contributed by atoms with Crippen molar-refractivity contribution in [3.8, 4) is 0 Å². The summed E-state index contributed by atoms with van der Waals surface area (Å²) in [5.41, 5.74) is -1.04. The molecule has 2 aliphatic carbocycles. The molecule has 0 saturated heterocycles. The Hall–Kier alpha value is -1.84.